The summed E-state index contributed by atoms with van der Waals surface area (Å²) in [4.78, 5) is 51.1. The Balaban J connectivity index is -0.000000590. The number of nitrogens with zero attached hydrogens (tertiary/aromatic N) is 8. The summed E-state index contributed by atoms with van der Waals surface area (Å²) >= 11 is 20.7. The number of carbonyl (C=O) groups excluding carboxylic acids is 2. The van der Waals surface area contributed by atoms with E-state index >= 15 is 0 Å². The normalized spacial score (nSPS) is 9.04. The Morgan fingerprint density at radius 3 is 1.01 bits per heavy atom. The fourth-order valence-electron chi connectivity index (χ4n) is 7.34. The molecule has 0 saturated heterocycles. The van der Waals surface area contributed by atoms with Crippen LogP contribution < -0.4 is 54.8 Å². The summed E-state index contributed by atoms with van der Waals surface area (Å²) < 4.78 is 53.5. The van der Waals surface area contributed by atoms with Crippen molar-refractivity contribution in [2.24, 2.45) is 0 Å². The minimum absolute atomic E-state index is 0. The monoisotopic (exact) mass is 1500 g/mol. The van der Waals surface area contributed by atoms with Gasteiger partial charge in [0.25, 0.3) is 0 Å². The predicted molar refractivity (Wildman–Crippen MR) is 434 cm³/mol. The van der Waals surface area contributed by atoms with Gasteiger partial charge in [-0.1, -0.05) is 143 Å². The van der Waals surface area contributed by atoms with Crippen molar-refractivity contribution in [3.63, 3.8) is 0 Å². The Morgan fingerprint density at radius 2 is 0.683 bits per heavy atom. The maximum Gasteiger partial charge on any atom is 0.247 e. The van der Waals surface area contributed by atoms with Gasteiger partial charge in [0.1, 0.15) is 0 Å². The number of hydrogen-bond acceptors (Lipinski definition) is 19. The van der Waals surface area contributed by atoms with Gasteiger partial charge in [-0.3, -0.25) is 9.59 Å². The number of aromatic nitrogens is 8. The second-order valence-corrected chi connectivity index (χ2v) is 21.0. The lowest BCUT2D eigenvalue weighted by molar-refractivity contribution is -0.112. The molecule has 1 amide bonds. The zero-order valence-corrected chi connectivity index (χ0v) is 55.4. The Bertz CT molecular complexity index is 4320. The van der Waals surface area contributed by atoms with Crippen molar-refractivity contribution in [3.8, 4) is 0 Å². The van der Waals surface area contributed by atoms with Crippen LogP contribution in [0.15, 0.2) is 220 Å². The maximum atomic E-state index is 14.1. The van der Waals surface area contributed by atoms with Gasteiger partial charge >= 0.3 is 0 Å². The highest BCUT2D eigenvalue weighted by Gasteiger charge is 2.12. The number of allylic oxidation sites excluding steroid dienone is 1. The van der Waals surface area contributed by atoms with E-state index in [1.54, 1.807) is 54.6 Å². The first-order chi connectivity index (χ1) is 45.8. The first kappa shape index (κ1) is 99.0. The fraction of sp³-hybridized carbons (Fsp3) is 0.147. The molecule has 0 aliphatic carbocycles. The van der Waals surface area contributed by atoms with Crippen molar-refractivity contribution >= 4 is 152 Å². The Labute approximate surface area is 631 Å². The van der Waals surface area contributed by atoms with Crippen molar-refractivity contribution < 1.29 is 27.2 Å². The Kier molecular flexibility index (Phi) is 49.2. The van der Waals surface area contributed by atoms with E-state index in [9.17, 15) is 27.2 Å². The number of carbonyl (C=O) groups is 2. The Morgan fingerprint density at radius 1 is 0.385 bits per heavy atom. The molecule has 20 nitrogen and oxygen atoms in total. The van der Waals surface area contributed by atoms with E-state index in [0.717, 1.165) is 76.0 Å². The van der Waals surface area contributed by atoms with Gasteiger partial charge in [0.05, 0.1) is 24.8 Å². The zero-order chi connectivity index (χ0) is 70.1. The van der Waals surface area contributed by atoms with E-state index in [1.165, 1.54) is 11.6 Å². The van der Waals surface area contributed by atoms with Gasteiger partial charge in [-0.2, -0.15) is 15.0 Å². The molecule has 3 radical (unpaired) electrons. The number of nitrogens with two attached hydrogens (primary N) is 4. The molecule has 29 heteroatoms. The number of benzene rings is 7. The third-order valence-electron chi connectivity index (χ3n) is 11.5. The molecule has 104 heavy (non-hydrogen) atoms. The number of aryl methyl sites for hydroxylation is 4. The summed E-state index contributed by atoms with van der Waals surface area (Å²) in [5.41, 5.74) is 33.5. The van der Waals surface area contributed by atoms with Crippen LogP contribution in [-0.4, -0.2) is 59.4 Å². The lowest BCUT2D eigenvalue weighted by Gasteiger charge is -2.11. The first-order valence-corrected chi connectivity index (χ1v) is 29.6. The SMILES string of the molecule is C.C.C.C.C.C.C.C=CC(=O)Cl.C=CC(=O)Nc1cccc(Nc2ncc(F)c(Nc3cccc(C)c3)n2)c1.Cc1cccc(N)c1.Cc1cccc(Nc2nc(Cl)ncc2F)c1.Cc1cccc(Nc2nc(Nc3cccc(N)c3)ncc2F)c1.Fc1cnc(Cl)nc1Cl.Nc1cccc(N)c1.[B]. The van der Waals surface area contributed by atoms with Gasteiger partial charge in [0, 0.05) is 65.3 Å². The van der Waals surface area contributed by atoms with Crippen LogP contribution >= 0.6 is 46.4 Å². The molecule has 0 saturated carbocycles. The molecule has 7 aromatic carbocycles. The minimum Gasteiger partial charge on any atom is -0.399 e. The van der Waals surface area contributed by atoms with Crippen LogP contribution in [0, 0.1) is 51.0 Å². The van der Waals surface area contributed by atoms with Gasteiger partial charge < -0.3 is 54.8 Å². The quantitative estimate of drug-likeness (QED) is 0.00975. The lowest BCUT2D eigenvalue weighted by atomic mass is 10.2. The molecule has 0 aliphatic rings. The lowest BCUT2D eigenvalue weighted by Crippen LogP contribution is -2.07. The number of halogens is 8. The highest BCUT2D eigenvalue weighted by Crippen LogP contribution is 2.25. The molecular formula is C75H92BCl4F4N18O2. The van der Waals surface area contributed by atoms with Gasteiger partial charge in [-0.15, -0.1) is 0 Å². The zero-order valence-electron chi connectivity index (χ0n) is 52.3. The van der Waals surface area contributed by atoms with E-state index in [4.69, 9.17) is 69.3 Å². The average molecular weight is 1510 g/mol. The number of nitrogen functional groups attached to an aromatic ring is 4. The molecule has 11 aromatic rings. The van der Waals surface area contributed by atoms with Gasteiger partial charge in [0.2, 0.25) is 33.6 Å². The molecule has 4 heterocycles. The summed E-state index contributed by atoms with van der Waals surface area (Å²) in [5.74, 6) is -1.84. The van der Waals surface area contributed by atoms with Crippen molar-refractivity contribution in [3.05, 3.63) is 281 Å². The van der Waals surface area contributed by atoms with E-state index in [1.807, 2.05) is 143 Å². The molecule has 4 aromatic heterocycles. The Hall–Kier alpha value is -11.4. The van der Waals surface area contributed by atoms with Crippen LogP contribution in [0.2, 0.25) is 15.7 Å². The first-order valence-electron chi connectivity index (χ1n) is 28.1. The number of hydrogen-bond donors (Lipinski definition) is 10. The van der Waals surface area contributed by atoms with Crippen molar-refractivity contribution in [1.82, 2.24) is 39.9 Å². The highest BCUT2D eigenvalue weighted by atomic mass is 35.5. The number of rotatable bonds is 13. The summed E-state index contributed by atoms with van der Waals surface area (Å²) in [6, 6.07) is 51.8. The summed E-state index contributed by atoms with van der Waals surface area (Å²) in [6.45, 7) is 14.4. The van der Waals surface area contributed by atoms with Gasteiger partial charge in [-0.25, -0.2) is 42.5 Å². The van der Waals surface area contributed by atoms with Crippen LogP contribution in [0.1, 0.15) is 74.2 Å². The molecule has 0 aliphatic heterocycles. The van der Waals surface area contributed by atoms with Gasteiger partial charge in [-0.05, 0) is 200 Å². The second kappa shape index (κ2) is 51.7. The van der Waals surface area contributed by atoms with E-state index in [0.29, 0.717) is 28.4 Å². The minimum atomic E-state index is -0.666. The maximum absolute atomic E-state index is 14.1. The molecule has 11 rings (SSSR count). The summed E-state index contributed by atoms with van der Waals surface area (Å²) in [5, 5.41) is 16.6. The van der Waals surface area contributed by atoms with Crippen LogP contribution in [0.3, 0.4) is 0 Å². The van der Waals surface area contributed by atoms with Crippen LogP contribution in [0.5, 0.6) is 0 Å². The largest absolute Gasteiger partial charge is 0.399 e. The molecule has 553 valence electrons. The molecule has 0 bridgehead atoms. The third kappa shape index (κ3) is 37.9. The van der Waals surface area contributed by atoms with Crippen molar-refractivity contribution in [2.45, 2.75) is 79.7 Å². The number of anilines is 15. The summed E-state index contributed by atoms with van der Waals surface area (Å²) in [6.07, 6.45) is 6.40. The number of nitrogens with one attached hydrogen (secondary N) is 6. The third-order valence-corrected chi connectivity index (χ3v) is 12.3. The average Bonchev–Trinajstić information content (AvgIpc) is 0.852. The standard InChI is InChI=1S/C20H18FN5O.C17H16FN5.C11H9ClFN3.C7H9N.C6H8N2.C4HCl2FN2.C3H3ClO.7CH4.B/c1-3-18(27)23-15-8-5-9-16(11-15)25-20-22-12-17(21)19(26-20)24-14-7-4-6-13(2)10-14;1-11-4-2-6-13(8-11)21-16-15(18)10-20-17(23-16)22-14-7-3-5-12(19)9-14;1-7-3-2-4-8(5-7)15-10-9(13)6-14-11(12)16-10;1-6-3-2-4-7(8)5-6;7-5-2-1-3-6(8)4-5;5-3-2(7)1-8-4(6)9-3;1-2-3(4)5;;;;;;;;/h3-12H,1H2,2H3,(H,23,27)(H2,22,24,25,26);2-10H,19H2,1H3,(H2,20,21,22,23);2-6H,1H3,(H,14,15,16);2-5H,8H2,1H3;1-4H,7-8H2;1H;2H,1H2;7*1H4;. The summed E-state index contributed by atoms with van der Waals surface area (Å²) in [7, 11) is 0. The topological polar surface area (TPSA) is 314 Å². The highest BCUT2D eigenvalue weighted by molar-refractivity contribution is 6.66. The van der Waals surface area contributed by atoms with E-state index in [2.05, 4.69) is 84.9 Å². The molecular weight excluding hydrogens is 1410 g/mol. The van der Waals surface area contributed by atoms with Crippen LogP contribution in [-0.2, 0) is 9.59 Å². The van der Waals surface area contributed by atoms with Crippen LogP contribution in [0.25, 0.3) is 0 Å². The van der Waals surface area contributed by atoms with Crippen molar-refractivity contribution in [1.29, 1.82) is 0 Å². The molecule has 0 unspecified atom stereocenters. The molecule has 0 fully saturated rings. The molecule has 0 spiro atoms. The smallest absolute Gasteiger partial charge is 0.247 e. The van der Waals surface area contributed by atoms with E-state index < -0.39 is 28.5 Å². The number of amides is 1. The van der Waals surface area contributed by atoms with Crippen LogP contribution in [0.4, 0.5) is 104 Å². The van der Waals surface area contributed by atoms with E-state index in [-0.39, 0.29) is 111 Å². The second-order valence-electron chi connectivity index (χ2n) is 19.6. The fourth-order valence-corrected chi connectivity index (χ4v) is 7.78. The van der Waals surface area contributed by atoms with Gasteiger partial charge in [0.15, 0.2) is 45.9 Å². The predicted octanol–water partition coefficient (Wildman–Crippen LogP) is 21.2. The molecule has 14 N–H and O–H groups in total. The van der Waals surface area contributed by atoms with Crippen molar-refractivity contribution in [2.75, 3.05) is 54.8 Å². The molecule has 0 atom stereocenters.